The number of aromatic nitrogens is 2. The molecule has 0 spiro atoms. The molecule has 0 aliphatic heterocycles. The van der Waals surface area contributed by atoms with Crippen LogP contribution in [-0.2, 0) is 13.6 Å². The van der Waals surface area contributed by atoms with E-state index in [1.165, 1.54) is 27.3 Å². The summed E-state index contributed by atoms with van der Waals surface area (Å²) in [6.45, 7) is 0.187. The summed E-state index contributed by atoms with van der Waals surface area (Å²) in [6, 6.07) is 4.30. The molecule has 0 bridgehead atoms. The van der Waals surface area contributed by atoms with Crippen LogP contribution in [0.25, 0.3) is 0 Å². The lowest BCUT2D eigenvalue weighted by Gasteiger charge is -2.04. The fourth-order valence-corrected chi connectivity index (χ4v) is 1.67. The van der Waals surface area contributed by atoms with Crippen LogP contribution in [0.4, 0.5) is 4.39 Å². The SMILES string of the molecule is Cn1ccn(Cc2cc(Cl)ccc2F)c1=O. The summed E-state index contributed by atoms with van der Waals surface area (Å²) in [5, 5.41) is 0.459. The Hall–Kier alpha value is -1.55. The van der Waals surface area contributed by atoms with Crippen molar-refractivity contribution in [1.82, 2.24) is 9.13 Å². The lowest BCUT2D eigenvalue weighted by atomic mass is 10.2. The van der Waals surface area contributed by atoms with Gasteiger partial charge in [0.25, 0.3) is 0 Å². The summed E-state index contributed by atoms with van der Waals surface area (Å²) in [5.41, 5.74) is 0.222. The first-order valence-corrected chi connectivity index (χ1v) is 5.11. The zero-order valence-corrected chi connectivity index (χ0v) is 9.41. The van der Waals surface area contributed by atoms with Gasteiger partial charge in [-0.15, -0.1) is 0 Å². The smallest absolute Gasteiger partial charge is 0.302 e. The maximum Gasteiger partial charge on any atom is 0.328 e. The van der Waals surface area contributed by atoms with Crippen LogP contribution in [0.1, 0.15) is 5.56 Å². The van der Waals surface area contributed by atoms with Gasteiger partial charge in [-0.2, -0.15) is 0 Å². The Bertz CT molecular complexity index is 574. The number of rotatable bonds is 2. The molecule has 0 saturated carbocycles. The standard InChI is InChI=1S/C11H10ClFN2O/c1-14-4-5-15(11(14)16)7-8-6-9(12)2-3-10(8)13/h2-6H,7H2,1H3. The quantitative estimate of drug-likeness (QED) is 0.789. The molecule has 0 N–H and O–H groups in total. The highest BCUT2D eigenvalue weighted by molar-refractivity contribution is 6.30. The molecule has 0 amide bonds. The van der Waals surface area contributed by atoms with Crippen LogP contribution in [-0.4, -0.2) is 9.13 Å². The van der Waals surface area contributed by atoms with Crippen molar-refractivity contribution in [2.75, 3.05) is 0 Å². The Labute approximate surface area is 96.7 Å². The first kappa shape index (κ1) is 11.0. The van der Waals surface area contributed by atoms with Gasteiger partial charge in [0.1, 0.15) is 5.82 Å². The van der Waals surface area contributed by atoms with Gasteiger partial charge in [-0.3, -0.25) is 4.57 Å². The van der Waals surface area contributed by atoms with Gasteiger partial charge in [0.05, 0.1) is 6.54 Å². The van der Waals surface area contributed by atoms with Crippen molar-refractivity contribution >= 4 is 11.6 Å². The molecule has 0 unspecified atom stereocenters. The molecule has 3 nitrogen and oxygen atoms in total. The Kier molecular flexibility index (Phi) is 2.83. The largest absolute Gasteiger partial charge is 0.328 e. The van der Waals surface area contributed by atoms with Crippen molar-refractivity contribution in [2.24, 2.45) is 7.05 Å². The van der Waals surface area contributed by atoms with Crippen LogP contribution in [0.15, 0.2) is 35.4 Å². The Balaban J connectivity index is 2.37. The van der Waals surface area contributed by atoms with Crippen LogP contribution >= 0.6 is 11.6 Å². The molecule has 1 heterocycles. The normalized spacial score (nSPS) is 10.7. The minimum Gasteiger partial charge on any atom is -0.302 e. The molecular formula is C11H10ClFN2O. The van der Waals surface area contributed by atoms with E-state index in [-0.39, 0.29) is 18.1 Å². The average molecular weight is 241 g/mol. The van der Waals surface area contributed by atoms with Crippen LogP contribution in [0.2, 0.25) is 5.02 Å². The van der Waals surface area contributed by atoms with E-state index in [1.54, 1.807) is 19.4 Å². The summed E-state index contributed by atoms with van der Waals surface area (Å²) in [6.07, 6.45) is 3.24. The highest BCUT2D eigenvalue weighted by Gasteiger charge is 2.06. The van der Waals surface area contributed by atoms with Gasteiger partial charge in [-0.25, -0.2) is 9.18 Å². The van der Waals surface area contributed by atoms with E-state index in [0.29, 0.717) is 10.6 Å². The van der Waals surface area contributed by atoms with Crippen molar-refractivity contribution in [3.8, 4) is 0 Å². The van der Waals surface area contributed by atoms with Crippen LogP contribution in [0.3, 0.4) is 0 Å². The fourth-order valence-electron chi connectivity index (χ4n) is 1.48. The number of hydrogen-bond acceptors (Lipinski definition) is 1. The molecule has 0 aliphatic carbocycles. The van der Waals surface area contributed by atoms with Crippen molar-refractivity contribution < 1.29 is 4.39 Å². The lowest BCUT2D eigenvalue weighted by molar-refractivity contribution is 0.594. The molecule has 5 heteroatoms. The van der Waals surface area contributed by atoms with E-state index in [1.807, 2.05) is 0 Å². The molecule has 2 aromatic rings. The van der Waals surface area contributed by atoms with Crippen LogP contribution < -0.4 is 5.69 Å². The summed E-state index contributed by atoms with van der Waals surface area (Å²) in [7, 11) is 1.65. The molecule has 0 radical (unpaired) electrons. The van der Waals surface area contributed by atoms with Crippen molar-refractivity contribution in [3.05, 3.63) is 57.5 Å². The second-order valence-corrected chi connectivity index (χ2v) is 3.99. The van der Waals surface area contributed by atoms with Gasteiger partial charge in [-0.1, -0.05) is 11.6 Å². The van der Waals surface area contributed by atoms with E-state index < -0.39 is 0 Å². The second-order valence-electron chi connectivity index (χ2n) is 3.56. The zero-order chi connectivity index (χ0) is 11.7. The van der Waals surface area contributed by atoms with E-state index in [4.69, 9.17) is 11.6 Å². The Morgan fingerprint density at radius 3 is 2.75 bits per heavy atom. The first-order chi connectivity index (χ1) is 7.58. The third-order valence-corrected chi connectivity index (χ3v) is 2.60. The van der Waals surface area contributed by atoms with Crippen LogP contribution in [0, 0.1) is 5.82 Å². The number of nitrogens with zero attached hydrogens (tertiary/aromatic N) is 2. The number of imidazole rings is 1. The molecule has 0 fully saturated rings. The highest BCUT2D eigenvalue weighted by Crippen LogP contribution is 2.15. The number of hydrogen-bond donors (Lipinski definition) is 0. The molecule has 84 valence electrons. The zero-order valence-electron chi connectivity index (χ0n) is 8.65. The number of aryl methyl sites for hydroxylation is 1. The minimum atomic E-state index is -0.361. The van der Waals surface area contributed by atoms with Crippen LogP contribution in [0.5, 0.6) is 0 Å². The summed E-state index contributed by atoms with van der Waals surface area (Å²) in [5.74, 6) is -0.361. The van der Waals surface area contributed by atoms with Gasteiger partial charge in [-0.05, 0) is 18.2 Å². The van der Waals surface area contributed by atoms with E-state index in [0.717, 1.165) is 0 Å². The number of halogens is 2. The predicted octanol–water partition coefficient (Wildman–Crippen LogP) is 2.03. The number of benzene rings is 1. The molecule has 0 aliphatic rings. The van der Waals surface area contributed by atoms with Crippen molar-refractivity contribution in [3.63, 3.8) is 0 Å². The lowest BCUT2D eigenvalue weighted by Crippen LogP contribution is -2.22. The molecule has 0 atom stereocenters. The molecule has 16 heavy (non-hydrogen) atoms. The second kappa shape index (κ2) is 4.14. The molecule has 0 saturated heterocycles. The minimum absolute atomic E-state index is 0.181. The van der Waals surface area contributed by atoms with E-state index >= 15 is 0 Å². The molecule has 1 aromatic heterocycles. The topological polar surface area (TPSA) is 26.9 Å². The van der Waals surface area contributed by atoms with Gasteiger partial charge in [0.15, 0.2) is 0 Å². The summed E-state index contributed by atoms with van der Waals surface area (Å²) < 4.78 is 16.3. The third kappa shape index (κ3) is 2.02. The van der Waals surface area contributed by atoms with Gasteiger partial charge < -0.3 is 4.57 Å². The summed E-state index contributed by atoms with van der Waals surface area (Å²) in [4.78, 5) is 11.5. The van der Waals surface area contributed by atoms with Crippen molar-refractivity contribution in [1.29, 1.82) is 0 Å². The first-order valence-electron chi connectivity index (χ1n) is 4.73. The molecular weight excluding hydrogens is 231 g/mol. The average Bonchev–Trinajstić information content (AvgIpc) is 2.55. The van der Waals surface area contributed by atoms with Gasteiger partial charge >= 0.3 is 5.69 Å². The molecule has 2 rings (SSSR count). The van der Waals surface area contributed by atoms with Gasteiger partial charge in [0.2, 0.25) is 0 Å². The van der Waals surface area contributed by atoms with E-state index in [9.17, 15) is 9.18 Å². The Morgan fingerprint density at radius 2 is 2.12 bits per heavy atom. The van der Waals surface area contributed by atoms with E-state index in [2.05, 4.69) is 0 Å². The Morgan fingerprint density at radius 1 is 1.38 bits per heavy atom. The van der Waals surface area contributed by atoms with Crippen molar-refractivity contribution in [2.45, 2.75) is 6.54 Å². The highest BCUT2D eigenvalue weighted by atomic mass is 35.5. The maximum absolute atomic E-state index is 13.4. The maximum atomic E-state index is 13.4. The monoisotopic (exact) mass is 240 g/mol. The third-order valence-electron chi connectivity index (χ3n) is 2.37. The fraction of sp³-hybridized carbons (Fsp3) is 0.182. The van der Waals surface area contributed by atoms with Gasteiger partial charge in [0, 0.05) is 30.0 Å². The summed E-state index contributed by atoms with van der Waals surface area (Å²) >= 11 is 5.77. The predicted molar refractivity (Wildman–Crippen MR) is 60.2 cm³/mol. The molecule has 1 aromatic carbocycles.